The highest BCUT2D eigenvalue weighted by Crippen LogP contribution is 2.17. The second-order valence-electron chi connectivity index (χ2n) is 4.99. The van der Waals surface area contributed by atoms with Crippen molar-refractivity contribution in [3.05, 3.63) is 21.9 Å². The van der Waals surface area contributed by atoms with Crippen LogP contribution in [0.4, 0.5) is 0 Å². The van der Waals surface area contributed by atoms with Gasteiger partial charge >= 0.3 is 0 Å². The first-order valence-electron chi connectivity index (χ1n) is 8.07. The summed E-state index contributed by atoms with van der Waals surface area (Å²) in [7, 11) is -3.10. The first kappa shape index (κ1) is 19.9. The van der Waals surface area contributed by atoms with Crippen molar-refractivity contribution < 1.29 is 8.42 Å². The van der Waals surface area contributed by atoms with Crippen LogP contribution in [0.25, 0.3) is 0 Å². The Morgan fingerprint density at radius 3 is 2.48 bits per heavy atom. The van der Waals surface area contributed by atoms with Gasteiger partial charge in [-0.3, -0.25) is 0 Å². The third-order valence-corrected chi connectivity index (χ3v) is 5.77. The molecule has 0 fully saturated rings. The lowest BCUT2D eigenvalue weighted by Crippen LogP contribution is -2.38. The van der Waals surface area contributed by atoms with Crippen molar-refractivity contribution in [1.29, 1.82) is 0 Å². The highest BCUT2D eigenvalue weighted by molar-refractivity contribution is 7.89. The van der Waals surface area contributed by atoms with Gasteiger partial charge in [-0.1, -0.05) is 6.92 Å². The molecule has 0 saturated heterocycles. The van der Waals surface area contributed by atoms with E-state index in [0.29, 0.717) is 26.1 Å². The molecule has 23 heavy (non-hydrogen) atoms. The Balaban J connectivity index is 2.37. The van der Waals surface area contributed by atoms with Gasteiger partial charge in [0.25, 0.3) is 0 Å². The molecule has 1 aromatic heterocycles. The lowest BCUT2D eigenvalue weighted by atomic mass is 10.4. The summed E-state index contributed by atoms with van der Waals surface area (Å²) in [6, 6.07) is 4.27. The molecule has 0 spiro atoms. The first-order chi connectivity index (χ1) is 11.0. The molecule has 0 aliphatic heterocycles. The van der Waals surface area contributed by atoms with Crippen LogP contribution in [-0.2, 0) is 23.0 Å². The summed E-state index contributed by atoms with van der Waals surface area (Å²) in [5, 5.41) is 6.42. The Labute approximate surface area is 143 Å². The molecular weight excluding hydrogens is 332 g/mol. The SMILES string of the molecule is CCNC(=NCc1ccc(CC)s1)NCCCNS(=O)(=O)CC. The molecular formula is C15H28N4O2S2. The molecule has 0 saturated carbocycles. The number of hydrogen-bond acceptors (Lipinski definition) is 4. The van der Waals surface area contributed by atoms with Crippen LogP contribution in [0.15, 0.2) is 17.1 Å². The van der Waals surface area contributed by atoms with Gasteiger partial charge in [0.15, 0.2) is 5.96 Å². The molecule has 1 rings (SSSR count). The molecule has 3 N–H and O–H groups in total. The number of aryl methyl sites for hydroxylation is 1. The molecule has 6 nitrogen and oxygen atoms in total. The predicted octanol–water partition coefficient (Wildman–Crippen LogP) is 1.70. The van der Waals surface area contributed by atoms with E-state index in [2.05, 4.69) is 39.4 Å². The zero-order valence-corrected chi connectivity index (χ0v) is 15.8. The minimum Gasteiger partial charge on any atom is -0.357 e. The zero-order valence-electron chi connectivity index (χ0n) is 14.2. The van der Waals surface area contributed by atoms with Crippen LogP contribution in [0.3, 0.4) is 0 Å². The second kappa shape index (κ2) is 10.6. The van der Waals surface area contributed by atoms with E-state index in [0.717, 1.165) is 18.9 Å². The van der Waals surface area contributed by atoms with E-state index >= 15 is 0 Å². The standard InChI is InChI=1S/C15H28N4O2S2/c1-4-13-8-9-14(22-13)12-18-15(16-5-2)17-10-7-11-19-23(20,21)6-3/h8-9,19H,4-7,10-12H2,1-3H3,(H2,16,17,18). The molecule has 0 aliphatic rings. The summed E-state index contributed by atoms with van der Waals surface area (Å²) in [5.74, 6) is 0.878. The van der Waals surface area contributed by atoms with Gasteiger partial charge in [-0.2, -0.15) is 0 Å². The molecule has 1 heterocycles. The molecule has 0 radical (unpaired) electrons. The Morgan fingerprint density at radius 2 is 1.87 bits per heavy atom. The van der Waals surface area contributed by atoms with Crippen molar-refractivity contribution in [3.63, 3.8) is 0 Å². The van der Waals surface area contributed by atoms with Gasteiger partial charge in [-0.15, -0.1) is 11.3 Å². The Hall–Kier alpha value is -1.12. The quantitative estimate of drug-likeness (QED) is 0.337. The fourth-order valence-electron chi connectivity index (χ4n) is 1.82. The molecule has 1 aromatic rings. The topological polar surface area (TPSA) is 82.6 Å². The predicted molar refractivity (Wildman–Crippen MR) is 98.6 cm³/mol. The number of rotatable bonds is 10. The number of nitrogens with zero attached hydrogens (tertiary/aromatic N) is 1. The Morgan fingerprint density at radius 1 is 1.13 bits per heavy atom. The van der Waals surface area contributed by atoms with E-state index in [1.54, 1.807) is 18.3 Å². The number of thiophene rings is 1. The fourth-order valence-corrected chi connectivity index (χ4v) is 3.36. The number of hydrogen-bond donors (Lipinski definition) is 3. The molecule has 0 aliphatic carbocycles. The number of guanidine groups is 1. The van der Waals surface area contributed by atoms with Crippen molar-refractivity contribution in [2.45, 2.75) is 40.2 Å². The van der Waals surface area contributed by atoms with E-state index in [1.807, 2.05) is 6.92 Å². The summed E-state index contributed by atoms with van der Waals surface area (Å²) in [4.78, 5) is 7.18. The smallest absolute Gasteiger partial charge is 0.211 e. The number of nitrogens with one attached hydrogen (secondary N) is 3. The summed E-state index contributed by atoms with van der Waals surface area (Å²) < 4.78 is 25.2. The van der Waals surface area contributed by atoms with Crippen LogP contribution < -0.4 is 15.4 Å². The summed E-state index contributed by atoms with van der Waals surface area (Å²) in [6.45, 7) is 8.35. The van der Waals surface area contributed by atoms with Gasteiger partial charge in [0.2, 0.25) is 10.0 Å². The van der Waals surface area contributed by atoms with Crippen LogP contribution >= 0.6 is 11.3 Å². The van der Waals surface area contributed by atoms with Crippen LogP contribution in [0.1, 0.15) is 36.9 Å². The normalized spacial score (nSPS) is 12.4. The first-order valence-corrected chi connectivity index (χ1v) is 10.5. The highest BCUT2D eigenvalue weighted by Gasteiger charge is 2.04. The van der Waals surface area contributed by atoms with Gasteiger partial charge in [0.05, 0.1) is 12.3 Å². The maximum Gasteiger partial charge on any atom is 0.211 e. The average molecular weight is 361 g/mol. The van der Waals surface area contributed by atoms with Gasteiger partial charge < -0.3 is 10.6 Å². The molecule has 0 atom stereocenters. The largest absolute Gasteiger partial charge is 0.357 e. The lowest BCUT2D eigenvalue weighted by Gasteiger charge is -2.11. The molecule has 0 unspecified atom stereocenters. The maximum absolute atomic E-state index is 11.3. The number of aliphatic imine (C=N–C) groups is 1. The van der Waals surface area contributed by atoms with Crippen LogP contribution in [0.2, 0.25) is 0 Å². The zero-order chi connectivity index (χ0) is 17.1. The highest BCUT2D eigenvalue weighted by atomic mass is 32.2. The molecule has 0 aromatic carbocycles. The van der Waals surface area contributed by atoms with Gasteiger partial charge in [-0.05, 0) is 38.8 Å². The van der Waals surface area contributed by atoms with E-state index < -0.39 is 10.0 Å². The van der Waals surface area contributed by atoms with E-state index in [4.69, 9.17) is 0 Å². The fraction of sp³-hybridized carbons (Fsp3) is 0.667. The van der Waals surface area contributed by atoms with Crippen molar-refractivity contribution >= 4 is 27.3 Å². The van der Waals surface area contributed by atoms with Crippen molar-refractivity contribution in [2.24, 2.45) is 4.99 Å². The lowest BCUT2D eigenvalue weighted by molar-refractivity contribution is 0.579. The van der Waals surface area contributed by atoms with E-state index in [1.165, 1.54) is 9.75 Å². The van der Waals surface area contributed by atoms with Crippen LogP contribution in [-0.4, -0.2) is 39.8 Å². The van der Waals surface area contributed by atoms with Gasteiger partial charge in [-0.25, -0.2) is 18.1 Å². The maximum atomic E-state index is 11.3. The van der Waals surface area contributed by atoms with Crippen molar-refractivity contribution in [2.75, 3.05) is 25.4 Å². The number of sulfonamides is 1. The Bertz CT molecular complexity index is 582. The minimum absolute atomic E-state index is 0.116. The summed E-state index contributed by atoms with van der Waals surface area (Å²) >= 11 is 1.79. The second-order valence-corrected chi connectivity index (χ2v) is 8.34. The van der Waals surface area contributed by atoms with Crippen molar-refractivity contribution in [3.8, 4) is 0 Å². The summed E-state index contributed by atoms with van der Waals surface area (Å²) in [6.07, 6.45) is 1.77. The average Bonchev–Trinajstić information content (AvgIpc) is 3.00. The van der Waals surface area contributed by atoms with Crippen LogP contribution in [0, 0.1) is 0 Å². The van der Waals surface area contributed by atoms with Gasteiger partial charge in [0, 0.05) is 29.4 Å². The third kappa shape index (κ3) is 8.34. The summed E-state index contributed by atoms with van der Waals surface area (Å²) in [5.41, 5.74) is 0. The minimum atomic E-state index is -3.10. The molecule has 8 heteroatoms. The van der Waals surface area contributed by atoms with Crippen molar-refractivity contribution in [1.82, 2.24) is 15.4 Å². The van der Waals surface area contributed by atoms with E-state index in [-0.39, 0.29) is 5.75 Å². The van der Waals surface area contributed by atoms with E-state index in [9.17, 15) is 8.42 Å². The molecule has 132 valence electrons. The van der Waals surface area contributed by atoms with Gasteiger partial charge in [0.1, 0.15) is 0 Å². The third-order valence-electron chi connectivity index (χ3n) is 3.15. The van der Waals surface area contributed by atoms with Crippen LogP contribution in [0.5, 0.6) is 0 Å². The monoisotopic (exact) mass is 360 g/mol. The Kier molecular flexibility index (Phi) is 9.20. The molecule has 0 bridgehead atoms. The molecule has 0 amide bonds.